The molecule has 0 spiro atoms. The first kappa shape index (κ1) is 39.3. The Balaban J connectivity index is 4.43. The molecule has 0 aromatic carbocycles. The third-order valence-electron chi connectivity index (χ3n) is 7.15. The number of phosphoric acid groups is 1. The second kappa shape index (κ2) is 32.8. The van der Waals surface area contributed by atoms with Crippen molar-refractivity contribution in [2.75, 3.05) is 0 Å². The van der Waals surface area contributed by atoms with Gasteiger partial charge in [0, 0.05) is 19.3 Å². The number of rotatable bonds is 27. The lowest BCUT2D eigenvalue weighted by molar-refractivity contribution is 0.258. The van der Waals surface area contributed by atoms with Crippen molar-refractivity contribution in [3.63, 3.8) is 0 Å². The van der Waals surface area contributed by atoms with Crippen LogP contribution in [-0.4, -0.2) is 0 Å². The third-order valence-corrected chi connectivity index (χ3v) is 8.10. The van der Waals surface area contributed by atoms with E-state index in [9.17, 15) is 4.57 Å². The minimum atomic E-state index is -3.97. The number of phosphoric ester groups is 1. The molecule has 0 radical (unpaired) electrons. The summed E-state index contributed by atoms with van der Waals surface area (Å²) in [7, 11) is -3.97. The van der Waals surface area contributed by atoms with E-state index in [1.54, 1.807) is 0 Å². The van der Waals surface area contributed by atoms with Crippen molar-refractivity contribution < 1.29 is 18.1 Å². The summed E-state index contributed by atoms with van der Waals surface area (Å²) in [6.45, 7) is 6.72. The van der Waals surface area contributed by atoms with Crippen molar-refractivity contribution >= 4 is 7.82 Å². The maximum atomic E-state index is 13.0. The lowest BCUT2D eigenvalue weighted by atomic mass is 10.1. The van der Waals surface area contributed by atoms with Gasteiger partial charge in [0.25, 0.3) is 0 Å². The van der Waals surface area contributed by atoms with E-state index in [4.69, 9.17) is 13.6 Å². The van der Waals surface area contributed by atoms with Crippen molar-refractivity contribution in [1.29, 1.82) is 0 Å². The molecule has 0 aromatic heterocycles. The Bertz CT molecular complexity index is 685. The largest absolute Gasteiger partial charge is 0.673 e. The zero-order valence-electron chi connectivity index (χ0n) is 27.2. The monoisotopic (exact) mass is 590 g/mol. The van der Waals surface area contributed by atoms with Crippen LogP contribution in [0.25, 0.3) is 0 Å². The van der Waals surface area contributed by atoms with Gasteiger partial charge in [-0.3, -0.25) is 0 Å². The summed E-state index contributed by atoms with van der Waals surface area (Å²) < 4.78 is 28.7. The summed E-state index contributed by atoms with van der Waals surface area (Å²) in [5.41, 5.74) is 0. The Labute approximate surface area is 255 Å². The average Bonchev–Trinajstić information content (AvgIpc) is 2.97. The van der Waals surface area contributed by atoms with E-state index in [2.05, 4.69) is 56.9 Å². The van der Waals surface area contributed by atoms with Gasteiger partial charge >= 0.3 is 7.82 Å². The van der Waals surface area contributed by atoms with Crippen molar-refractivity contribution in [2.45, 2.75) is 194 Å². The molecule has 5 heteroatoms. The molecule has 0 saturated heterocycles. The van der Waals surface area contributed by atoms with Crippen LogP contribution in [0.15, 0.2) is 0 Å². The molecule has 0 saturated carbocycles. The topological polar surface area (TPSA) is 44.8 Å². The van der Waals surface area contributed by atoms with Crippen LogP contribution in [0.4, 0.5) is 0 Å². The zero-order chi connectivity index (χ0) is 30.0. The Hall–Kier alpha value is -1.69. The number of hydrogen-bond donors (Lipinski definition) is 0. The molecule has 0 heterocycles. The van der Waals surface area contributed by atoms with E-state index in [0.717, 1.165) is 38.5 Å². The SMILES string of the molecule is CCCCCCCCCCC#COP(=O)(OC#CCCCCCCCCCC)OC#CCCCCCCCCCC. The lowest BCUT2D eigenvalue weighted by Gasteiger charge is -2.07. The van der Waals surface area contributed by atoms with Crippen molar-refractivity contribution in [3.8, 4) is 36.1 Å². The van der Waals surface area contributed by atoms with Crippen LogP contribution in [0.1, 0.15) is 194 Å². The van der Waals surface area contributed by atoms with Gasteiger partial charge in [-0.25, -0.2) is 0 Å². The summed E-state index contributed by atoms with van der Waals surface area (Å²) in [6.07, 6.45) is 39.5. The standard InChI is InChI=1S/C36H63O4P/c1-4-7-10-13-16-19-22-25-28-31-34-38-41(37,39-35-32-29-26-23-20-17-14-11-8-5-2)40-36-33-30-27-24-21-18-15-12-9-6-3/h4-30H2,1-3H3. The highest BCUT2D eigenvalue weighted by atomic mass is 31.2. The molecule has 0 unspecified atom stereocenters. The van der Waals surface area contributed by atoms with Crippen LogP contribution >= 0.6 is 7.82 Å². The zero-order valence-corrected chi connectivity index (χ0v) is 28.1. The van der Waals surface area contributed by atoms with Gasteiger partial charge in [-0.1, -0.05) is 173 Å². The second-order valence-electron chi connectivity index (χ2n) is 11.2. The maximum absolute atomic E-state index is 13.0. The van der Waals surface area contributed by atoms with E-state index in [0.29, 0.717) is 19.3 Å². The Morgan fingerprint density at radius 2 is 0.585 bits per heavy atom. The lowest BCUT2D eigenvalue weighted by Crippen LogP contribution is -1.90. The minimum Gasteiger partial charge on any atom is -0.331 e. The molecule has 0 aliphatic heterocycles. The summed E-state index contributed by atoms with van der Waals surface area (Å²) in [5, 5.41) is 0. The average molecular weight is 591 g/mol. The van der Waals surface area contributed by atoms with Gasteiger partial charge in [0.1, 0.15) is 18.3 Å². The van der Waals surface area contributed by atoms with E-state index < -0.39 is 7.82 Å². The van der Waals surface area contributed by atoms with E-state index in [1.165, 1.54) is 116 Å². The van der Waals surface area contributed by atoms with Gasteiger partial charge in [-0.2, -0.15) is 4.57 Å². The van der Waals surface area contributed by atoms with E-state index in [-0.39, 0.29) is 0 Å². The van der Waals surface area contributed by atoms with Gasteiger partial charge < -0.3 is 13.6 Å². The summed E-state index contributed by atoms with van der Waals surface area (Å²) in [6, 6.07) is 0. The molecular weight excluding hydrogens is 527 g/mol. The highest BCUT2D eigenvalue weighted by Crippen LogP contribution is 2.48. The van der Waals surface area contributed by atoms with Gasteiger partial charge in [-0.05, 0) is 19.3 Å². The Morgan fingerprint density at radius 3 is 0.829 bits per heavy atom. The molecule has 0 amide bonds. The van der Waals surface area contributed by atoms with Crippen molar-refractivity contribution in [1.82, 2.24) is 0 Å². The third kappa shape index (κ3) is 31.1. The predicted octanol–water partition coefficient (Wildman–Crippen LogP) is 12.6. The van der Waals surface area contributed by atoms with Crippen LogP contribution < -0.4 is 0 Å². The first-order valence-electron chi connectivity index (χ1n) is 17.3. The predicted molar refractivity (Wildman–Crippen MR) is 176 cm³/mol. The van der Waals surface area contributed by atoms with Crippen LogP contribution in [0.2, 0.25) is 0 Å². The summed E-state index contributed by atoms with van der Waals surface area (Å²) in [4.78, 5) is 0. The van der Waals surface area contributed by atoms with Gasteiger partial charge in [-0.15, -0.1) is 0 Å². The second-order valence-corrected chi connectivity index (χ2v) is 12.7. The highest BCUT2D eigenvalue weighted by Gasteiger charge is 2.30. The first-order chi connectivity index (χ1) is 20.2. The molecule has 0 aromatic rings. The molecule has 0 fully saturated rings. The van der Waals surface area contributed by atoms with E-state index in [1.807, 2.05) is 0 Å². The molecule has 0 N–H and O–H groups in total. The minimum absolute atomic E-state index is 0.698. The smallest absolute Gasteiger partial charge is 0.331 e. The summed E-state index contributed by atoms with van der Waals surface area (Å²) >= 11 is 0. The van der Waals surface area contributed by atoms with E-state index >= 15 is 0 Å². The molecule has 0 rings (SSSR count). The number of unbranched alkanes of at least 4 members (excludes halogenated alkanes) is 24. The molecule has 0 aliphatic rings. The number of hydrogen-bond acceptors (Lipinski definition) is 4. The van der Waals surface area contributed by atoms with Crippen LogP contribution in [0.5, 0.6) is 0 Å². The molecule has 0 aliphatic carbocycles. The first-order valence-corrected chi connectivity index (χ1v) is 18.7. The molecule has 41 heavy (non-hydrogen) atoms. The van der Waals surface area contributed by atoms with Crippen molar-refractivity contribution in [2.24, 2.45) is 0 Å². The maximum Gasteiger partial charge on any atom is 0.673 e. The van der Waals surface area contributed by atoms with Crippen LogP contribution in [-0.2, 0) is 18.1 Å². The summed E-state index contributed by atoms with van der Waals surface area (Å²) in [5.74, 6) is 8.81. The molecule has 236 valence electrons. The normalized spacial score (nSPS) is 10.5. The van der Waals surface area contributed by atoms with Crippen LogP contribution in [0.3, 0.4) is 0 Å². The fraction of sp³-hybridized carbons (Fsp3) is 0.833. The van der Waals surface area contributed by atoms with Gasteiger partial charge in [0.05, 0.1) is 0 Å². The molecule has 4 nitrogen and oxygen atoms in total. The van der Waals surface area contributed by atoms with Gasteiger partial charge in [0.15, 0.2) is 0 Å². The fourth-order valence-corrected chi connectivity index (χ4v) is 5.16. The van der Waals surface area contributed by atoms with Gasteiger partial charge in [0.2, 0.25) is 0 Å². The highest BCUT2D eigenvalue weighted by molar-refractivity contribution is 7.49. The molecule has 0 bridgehead atoms. The fourth-order valence-electron chi connectivity index (χ4n) is 4.52. The molecular formula is C36H63O4P. The van der Waals surface area contributed by atoms with Crippen LogP contribution in [0, 0.1) is 36.1 Å². The Morgan fingerprint density at radius 1 is 0.366 bits per heavy atom. The molecule has 0 atom stereocenters. The quantitative estimate of drug-likeness (QED) is 0.0542. The Kier molecular flexibility index (Phi) is 31.5. The van der Waals surface area contributed by atoms with Crippen molar-refractivity contribution in [3.05, 3.63) is 0 Å².